The van der Waals surface area contributed by atoms with Crippen LogP contribution in [-0.2, 0) is 0 Å². The lowest BCUT2D eigenvalue weighted by molar-refractivity contribution is 0.335. The summed E-state index contributed by atoms with van der Waals surface area (Å²) in [5, 5.41) is 3.74. The molecule has 0 spiro atoms. The van der Waals surface area contributed by atoms with Crippen molar-refractivity contribution in [2.75, 3.05) is 6.54 Å². The summed E-state index contributed by atoms with van der Waals surface area (Å²) < 4.78 is 0. The molecular weight excluding hydrogens is 170 g/mol. The Bertz CT molecular complexity index is 155. The van der Waals surface area contributed by atoms with E-state index in [1.54, 1.807) is 0 Å². The van der Waals surface area contributed by atoms with Crippen LogP contribution in [0.5, 0.6) is 0 Å². The average molecular weight is 195 g/mol. The molecule has 2 aliphatic carbocycles. The molecule has 0 saturated heterocycles. The summed E-state index contributed by atoms with van der Waals surface area (Å²) in [5.74, 6) is 2.00. The SMILES string of the molecule is C[C@H](NCC1CC1)C1CCCCCC1. The zero-order valence-electron chi connectivity index (χ0n) is 9.60. The van der Waals surface area contributed by atoms with Crippen LogP contribution in [0.3, 0.4) is 0 Å². The van der Waals surface area contributed by atoms with Crippen molar-refractivity contribution in [3.8, 4) is 0 Å². The molecule has 0 aromatic carbocycles. The highest BCUT2D eigenvalue weighted by atomic mass is 14.9. The fourth-order valence-electron chi connectivity index (χ4n) is 2.65. The van der Waals surface area contributed by atoms with Crippen LogP contribution in [0.25, 0.3) is 0 Å². The summed E-state index contributed by atoms with van der Waals surface area (Å²) in [6, 6.07) is 0.772. The van der Waals surface area contributed by atoms with Crippen molar-refractivity contribution >= 4 is 0 Å². The van der Waals surface area contributed by atoms with Crippen LogP contribution in [0.2, 0.25) is 0 Å². The predicted octanol–water partition coefficient (Wildman–Crippen LogP) is 3.34. The van der Waals surface area contributed by atoms with E-state index in [1.807, 2.05) is 0 Å². The van der Waals surface area contributed by atoms with E-state index >= 15 is 0 Å². The van der Waals surface area contributed by atoms with Gasteiger partial charge in [0.15, 0.2) is 0 Å². The summed E-state index contributed by atoms with van der Waals surface area (Å²) in [5.41, 5.74) is 0. The van der Waals surface area contributed by atoms with Gasteiger partial charge in [-0.25, -0.2) is 0 Å². The Hall–Kier alpha value is -0.0400. The van der Waals surface area contributed by atoms with Gasteiger partial charge in [0.25, 0.3) is 0 Å². The third-order valence-corrected chi connectivity index (χ3v) is 4.03. The molecule has 82 valence electrons. The Morgan fingerprint density at radius 2 is 1.64 bits per heavy atom. The van der Waals surface area contributed by atoms with E-state index in [2.05, 4.69) is 12.2 Å². The van der Waals surface area contributed by atoms with Gasteiger partial charge in [-0.05, 0) is 51.0 Å². The van der Waals surface area contributed by atoms with Gasteiger partial charge in [-0.1, -0.05) is 25.7 Å². The second kappa shape index (κ2) is 5.16. The predicted molar refractivity (Wildman–Crippen MR) is 61.4 cm³/mol. The molecule has 0 radical (unpaired) electrons. The van der Waals surface area contributed by atoms with E-state index in [0.29, 0.717) is 0 Å². The Kier molecular flexibility index (Phi) is 3.86. The van der Waals surface area contributed by atoms with Gasteiger partial charge in [0.1, 0.15) is 0 Å². The molecule has 0 aromatic heterocycles. The molecule has 2 rings (SSSR count). The highest BCUT2D eigenvalue weighted by molar-refractivity contribution is 4.80. The Morgan fingerprint density at radius 1 is 1.00 bits per heavy atom. The first kappa shape index (κ1) is 10.5. The highest BCUT2D eigenvalue weighted by Gasteiger charge is 2.24. The molecule has 0 bridgehead atoms. The number of rotatable bonds is 4. The van der Waals surface area contributed by atoms with Crippen LogP contribution in [-0.4, -0.2) is 12.6 Å². The van der Waals surface area contributed by atoms with Crippen molar-refractivity contribution in [2.45, 2.75) is 64.3 Å². The molecule has 1 heteroatoms. The van der Waals surface area contributed by atoms with Crippen LogP contribution in [0.4, 0.5) is 0 Å². The molecule has 14 heavy (non-hydrogen) atoms. The normalized spacial score (nSPS) is 27.2. The molecule has 0 unspecified atom stereocenters. The largest absolute Gasteiger partial charge is 0.314 e. The van der Waals surface area contributed by atoms with Crippen LogP contribution in [0, 0.1) is 11.8 Å². The molecule has 1 nitrogen and oxygen atoms in total. The Labute approximate surface area is 88.7 Å². The van der Waals surface area contributed by atoms with Crippen LogP contribution >= 0.6 is 0 Å². The van der Waals surface area contributed by atoms with E-state index in [1.165, 1.54) is 57.9 Å². The van der Waals surface area contributed by atoms with Crippen molar-refractivity contribution in [1.82, 2.24) is 5.32 Å². The molecular formula is C13H25N. The van der Waals surface area contributed by atoms with Crippen molar-refractivity contribution in [2.24, 2.45) is 11.8 Å². The van der Waals surface area contributed by atoms with Crippen LogP contribution in [0.15, 0.2) is 0 Å². The first-order valence-electron chi connectivity index (χ1n) is 6.59. The fraction of sp³-hybridized carbons (Fsp3) is 1.00. The second-order valence-electron chi connectivity index (χ2n) is 5.39. The summed E-state index contributed by atoms with van der Waals surface area (Å²) in [7, 11) is 0. The molecule has 0 aliphatic heterocycles. The maximum absolute atomic E-state index is 3.74. The number of nitrogens with one attached hydrogen (secondary N) is 1. The minimum Gasteiger partial charge on any atom is -0.314 e. The molecule has 0 amide bonds. The van der Waals surface area contributed by atoms with Gasteiger partial charge < -0.3 is 5.32 Å². The molecule has 1 N–H and O–H groups in total. The topological polar surface area (TPSA) is 12.0 Å². The van der Waals surface area contributed by atoms with Crippen molar-refractivity contribution in [1.29, 1.82) is 0 Å². The van der Waals surface area contributed by atoms with Gasteiger partial charge in [-0.2, -0.15) is 0 Å². The summed E-state index contributed by atoms with van der Waals surface area (Å²) in [4.78, 5) is 0. The van der Waals surface area contributed by atoms with E-state index in [9.17, 15) is 0 Å². The Morgan fingerprint density at radius 3 is 2.21 bits per heavy atom. The van der Waals surface area contributed by atoms with E-state index < -0.39 is 0 Å². The van der Waals surface area contributed by atoms with E-state index in [4.69, 9.17) is 0 Å². The van der Waals surface area contributed by atoms with Gasteiger partial charge in [-0.15, -0.1) is 0 Å². The third-order valence-electron chi connectivity index (χ3n) is 4.03. The minimum atomic E-state index is 0.772. The third kappa shape index (κ3) is 3.27. The summed E-state index contributed by atoms with van der Waals surface area (Å²) in [6.45, 7) is 3.69. The summed E-state index contributed by atoms with van der Waals surface area (Å²) in [6.07, 6.45) is 11.8. The van der Waals surface area contributed by atoms with Crippen LogP contribution < -0.4 is 5.32 Å². The van der Waals surface area contributed by atoms with Gasteiger partial charge >= 0.3 is 0 Å². The fourth-order valence-corrected chi connectivity index (χ4v) is 2.65. The standard InChI is InChI=1S/C13H25N/c1-11(14-10-12-8-9-12)13-6-4-2-3-5-7-13/h11-14H,2-10H2,1H3/t11-/m0/s1. The highest BCUT2D eigenvalue weighted by Crippen LogP contribution is 2.29. The summed E-state index contributed by atoms with van der Waals surface area (Å²) >= 11 is 0. The lowest BCUT2D eigenvalue weighted by Crippen LogP contribution is -2.34. The van der Waals surface area contributed by atoms with Crippen LogP contribution in [0.1, 0.15) is 58.3 Å². The first-order valence-corrected chi connectivity index (χ1v) is 6.59. The zero-order valence-corrected chi connectivity index (χ0v) is 9.60. The van der Waals surface area contributed by atoms with Gasteiger partial charge in [0.2, 0.25) is 0 Å². The van der Waals surface area contributed by atoms with Gasteiger partial charge in [-0.3, -0.25) is 0 Å². The van der Waals surface area contributed by atoms with E-state index in [0.717, 1.165) is 17.9 Å². The molecule has 2 fully saturated rings. The second-order valence-corrected chi connectivity index (χ2v) is 5.39. The molecule has 0 heterocycles. The van der Waals surface area contributed by atoms with Crippen molar-refractivity contribution in [3.05, 3.63) is 0 Å². The molecule has 2 aliphatic rings. The van der Waals surface area contributed by atoms with Gasteiger partial charge in [0.05, 0.1) is 0 Å². The zero-order chi connectivity index (χ0) is 9.80. The number of hydrogen-bond acceptors (Lipinski definition) is 1. The van der Waals surface area contributed by atoms with Crippen molar-refractivity contribution in [3.63, 3.8) is 0 Å². The lowest BCUT2D eigenvalue weighted by atomic mass is 9.93. The quantitative estimate of drug-likeness (QED) is 0.678. The average Bonchev–Trinajstić information content (AvgIpc) is 3.01. The maximum Gasteiger partial charge on any atom is 0.00671 e. The number of hydrogen-bond donors (Lipinski definition) is 1. The Balaban J connectivity index is 1.67. The maximum atomic E-state index is 3.74. The molecule has 1 atom stereocenters. The first-order chi connectivity index (χ1) is 6.86. The monoisotopic (exact) mass is 195 g/mol. The van der Waals surface area contributed by atoms with Crippen molar-refractivity contribution < 1.29 is 0 Å². The molecule has 0 aromatic rings. The smallest absolute Gasteiger partial charge is 0.00671 e. The van der Waals surface area contributed by atoms with E-state index in [-0.39, 0.29) is 0 Å². The molecule has 2 saturated carbocycles. The minimum absolute atomic E-state index is 0.772. The van der Waals surface area contributed by atoms with Gasteiger partial charge in [0, 0.05) is 6.04 Å². The lowest BCUT2D eigenvalue weighted by Gasteiger charge is -2.23.